The van der Waals surface area contributed by atoms with Crippen LogP contribution >= 0.6 is 0 Å². The Morgan fingerprint density at radius 2 is 1.35 bits per heavy atom. The highest BCUT2D eigenvalue weighted by Gasteiger charge is 2.62. The molecule has 0 aliphatic heterocycles. The molecule has 1 fully saturated rings. The number of carbonyl (C=O) groups is 2. The lowest BCUT2D eigenvalue weighted by molar-refractivity contribution is -0.134. The maximum Gasteiger partial charge on any atom is 0.151 e. The zero-order valence-electron chi connectivity index (χ0n) is 13.1. The van der Waals surface area contributed by atoms with Gasteiger partial charge in [-0.15, -0.1) is 6.58 Å². The van der Waals surface area contributed by atoms with Crippen LogP contribution in [0.15, 0.2) is 73.3 Å². The third-order valence-corrected chi connectivity index (χ3v) is 4.71. The lowest BCUT2D eigenvalue weighted by Crippen LogP contribution is -2.30. The van der Waals surface area contributed by atoms with Crippen LogP contribution in [0.25, 0.3) is 0 Å². The van der Waals surface area contributed by atoms with Crippen molar-refractivity contribution in [2.24, 2.45) is 11.3 Å². The summed E-state index contributed by atoms with van der Waals surface area (Å²) >= 11 is 0. The summed E-state index contributed by atoms with van der Waals surface area (Å²) in [5, 5.41) is 0. The Hall–Kier alpha value is -2.48. The molecule has 1 aliphatic carbocycles. The summed E-state index contributed by atoms with van der Waals surface area (Å²) in [5.74, 6) is 0.0268. The highest BCUT2D eigenvalue weighted by atomic mass is 16.2. The van der Waals surface area contributed by atoms with Crippen LogP contribution in [-0.4, -0.2) is 11.6 Å². The SMILES string of the molecule is C=CC1CC1(C(=O)Cc1ccccc1)C(=O)Cc1ccccc1. The van der Waals surface area contributed by atoms with Crippen LogP contribution < -0.4 is 0 Å². The molecule has 0 radical (unpaired) electrons. The summed E-state index contributed by atoms with van der Waals surface area (Å²) in [4.78, 5) is 25.7. The molecule has 0 bridgehead atoms. The highest BCUT2D eigenvalue weighted by Crippen LogP contribution is 2.55. The van der Waals surface area contributed by atoms with Crippen LogP contribution in [0, 0.1) is 11.3 Å². The van der Waals surface area contributed by atoms with Gasteiger partial charge < -0.3 is 0 Å². The van der Waals surface area contributed by atoms with E-state index in [0.717, 1.165) is 11.1 Å². The zero-order valence-corrected chi connectivity index (χ0v) is 13.1. The van der Waals surface area contributed by atoms with Gasteiger partial charge in [0.05, 0.1) is 5.41 Å². The summed E-state index contributed by atoms with van der Waals surface area (Å²) in [7, 11) is 0. The van der Waals surface area contributed by atoms with E-state index in [-0.39, 0.29) is 17.5 Å². The molecule has 0 aromatic heterocycles. The second-order valence-electron chi connectivity index (χ2n) is 6.19. The Balaban J connectivity index is 1.78. The van der Waals surface area contributed by atoms with Crippen molar-refractivity contribution in [3.63, 3.8) is 0 Å². The van der Waals surface area contributed by atoms with Gasteiger partial charge in [0.15, 0.2) is 11.6 Å². The van der Waals surface area contributed by atoms with Crippen molar-refractivity contribution in [1.82, 2.24) is 0 Å². The minimum atomic E-state index is -0.854. The molecule has 0 amide bonds. The lowest BCUT2D eigenvalue weighted by atomic mass is 9.85. The fraction of sp³-hybridized carbons (Fsp3) is 0.238. The van der Waals surface area contributed by atoms with E-state index in [1.807, 2.05) is 60.7 Å². The number of Topliss-reactive ketones (excluding diaryl/α,β-unsaturated/α-hetero) is 2. The molecule has 2 heteroatoms. The molecule has 0 saturated heterocycles. The van der Waals surface area contributed by atoms with Gasteiger partial charge in [-0.25, -0.2) is 0 Å². The van der Waals surface area contributed by atoms with Crippen molar-refractivity contribution in [2.75, 3.05) is 0 Å². The second kappa shape index (κ2) is 6.33. The summed E-state index contributed by atoms with van der Waals surface area (Å²) in [6.07, 6.45) is 2.98. The van der Waals surface area contributed by atoms with Crippen molar-refractivity contribution in [3.05, 3.63) is 84.4 Å². The predicted molar refractivity (Wildman–Crippen MR) is 91.0 cm³/mol. The number of allylic oxidation sites excluding steroid dienone is 1. The van der Waals surface area contributed by atoms with E-state index in [4.69, 9.17) is 0 Å². The van der Waals surface area contributed by atoms with E-state index in [9.17, 15) is 9.59 Å². The van der Waals surface area contributed by atoms with Gasteiger partial charge in [-0.3, -0.25) is 9.59 Å². The zero-order chi connectivity index (χ0) is 16.3. The monoisotopic (exact) mass is 304 g/mol. The molecule has 1 unspecified atom stereocenters. The minimum absolute atomic E-state index is 0.0186. The summed E-state index contributed by atoms with van der Waals surface area (Å²) in [5.41, 5.74) is 1.06. The molecule has 2 nitrogen and oxygen atoms in total. The molecule has 116 valence electrons. The van der Waals surface area contributed by atoms with Crippen molar-refractivity contribution in [2.45, 2.75) is 19.3 Å². The van der Waals surface area contributed by atoms with Crippen LogP contribution in [0.3, 0.4) is 0 Å². The molecule has 2 aromatic rings. The number of rotatable bonds is 7. The van der Waals surface area contributed by atoms with Gasteiger partial charge in [-0.1, -0.05) is 66.7 Å². The number of carbonyl (C=O) groups excluding carboxylic acids is 2. The molecule has 0 N–H and O–H groups in total. The molecule has 2 aromatic carbocycles. The third kappa shape index (κ3) is 3.02. The van der Waals surface area contributed by atoms with Gasteiger partial charge in [0.2, 0.25) is 0 Å². The Morgan fingerprint density at radius 3 is 1.70 bits per heavy atom. The topological polar surface area (TPSA) is 34.1 Å². The first-order chi connectivity index (χ1) is 11.2. The number of hydrogen-bond acceptors (Lipinski definition) is 2. The standard InChI is InChI=1S/C21H20O2/c1-2-18-15-21(18,19(22)13-16-9-5-3-6-10-16)20(23)14-17-11-7-4-8-12-17/h2-12,18H,1,13-15H2. The van der Waals surface area contributed by atoms with Crippen LogP contribution in [0.5, 0.6) is 0 Å². The molecule has 3 rings (SSSR count). The van der Waals surface area contributed by atoms with Crippen LogP contribution in [0.1, 0.15) is 17.5 Å². The summed E-state index contributed by atoms with van der Waals surface area (Å²) < 4.78 is 0. The number of benzene rings is 2. The quantitative estimate of drug-likeness (QED) is 0.576. The second-order valence-corrected chi connectivity index (χ2v) is 6.19. The van der Waals surface area contributed by atoms with E-state index in [1.54, 1.807) is 6.08 Å². The molecule has 1 atom stereocenters. The van der Waals surface area contributed by atoms with E-state index in [0.29, 0.717) is 19.3 Å². The van der Waals surface area contributed by atoms with Crippen LogP contribution in [0.4, 0.5) is 0 Å². The summed E-state index contributed by atoms with van der Waals surface area (Å²) in [6, 6.07) is 19.2. The van der Waals surface area contributed by atoms with E-state index >= 15 is 0 Å². The third-order valence-electron chi connectivity index (χ3n) is 4.71. The molecule has 0 heterocycles. The Labute approximate surface area is 136 Å². The van der Waals surface area contributed by atoms with Crippen LogP contribution in [0.2, 0.25) is 0 Å². The molecular formula is C21H20O2. The predicted octanol–water partition coefficient (Wildman–Crippen LogP) is 3.80. The average molecular weight is 304 g/mol. The van der Waals surface area contributed by atoms with Crippen molar-refractivity contribution in [1.29, 1.82) is 0 Å². The first-order valence-corrected chi connectivity index (χ1v) is 7.94. The molecule has 1 saturated carbocycles. The average Bonchev–Trinajstić information content (AvgIpc) is 3.33. The Kier molecular flexibility index (Phi) is 4.24. The molecule has 1 aliphatic rings. The first kappa shape index (κ1) is 15.4. The Bertz CT molecular complexity index is 663. The van der Waals surface area contributed by atoms with Crippen LogP contribution in [-0.2, 0) is 22.4 Å². The van der Waals surface area contributed by atoms with Gasteiger partial charge in [0.25, 0.3) is 0 Å². The molecule has 23 heavy (non-hydrogen) atoms. The minimum Gasteiger partial charge on any atom is -0.298 e. The molecular weight excluding hydrogens is 284 g/mol. The normalized spacial score (nSPS) is 18.2. The maximum absolute atomic E-state index is 12.8. The molecule has 0 spiro atoms. The number of hydrogen-bond donors (Lipinski definition) is 0. The maximum atomic E-state index is 12.8. The highest BCUT2D eigenvalue weighted by molar-refractivity contribution is 6.11. The van der Waals surface area contributed by atoms with Gasteiger partial charge in [0.1, 0.15) is 0 Å². The summed E-state index contributed by atoms with van der Waals surface area (Å²) in [6.45, 7) is 3.79. The van der Waals surface area contributed by atoms with E-state index in [1.165, 1.54) is 0 Å². The smallest absolute Gasteiger partial charge is 0.151 e. The first-order valence-electron chi connectivity index (χ1n) is 7.94. The Morgan fingerprint density at radius 1 is 0.913 bits per heavy atom. The van der Waals surface area contributed by atoms with Gasteiger partial charge in [0, 0.05) is 12.8 Å². The largest absolute Gasteiger partial charge is 0.298 e. The van der Waals surface area contributed by atoms with Gasteiger partial charge in [-0.05, 0) is 23.5 Å². The van der Waals surface area contributed by atoms with Gasteiger partial charge >= 0.3 is 0 Å². The van der Waals surface area contributed by atoms with Gasteiger partial charge in [-0.2, -0.15) is 0 Å². The van der Waals surface area contributed by atoms with Crippen molar-refractivity contribution >= 4 is 11.6 Å². The van der Waals surface area contributed by atoms with E-state index < -0.39 is 5.41 Å². The van der Waals surface area contributed by atoms with Crippen molar-refractivity contribution in [3.8, 4) is 0 Å². The van der Waals surface area contributed by atoms with E-state index in [2.05, 4.69) is 6.58 Å². The van der Waals surface area contributed by atoms with Crippen molar-refractivity contribution < 1.29 is 9.59 Å². The fourth-order valence-corrected chi connectivity index (χ4v) is 3.25. The lowest BCUT2D eigenvalue weighted by Gasteiger charge is -2.15. The fourth-order valence-electron chi connectivity index (χ4n) is 3.25. The number of ketones is 2.